The molecule has 0 unspecified atom stereocenters. The summed E-state index contributed by atoms with van der Waals surface area (Å²) < 4.78 is 0. The molecule has 0 radical (unpaired) electrons. The number of hydrogen-bond acceptors (Lipinski definition) is 3. The zero-order valence-electron chi connectivity index (χ0n) is 12.6. The van der Waals surface area contributed by atoms with Crippen LogP contribution in [0, 0.1) is 13.8 Å². The average Bonchev–Trinajstić information content (AvgIpc) is 2.66. The minimum Gasteiger partial charge on any atom is -0.376 e. The van der Waals surface area contributed by atoms with Gasteiger partial charge in [0.1, 0.15) is 0 Å². The fourth-order valence-electron chi connectivity index (χ4n) is 2.46. The molecule has 4 nitrogen and oxygen atoms in total. The number of rotatable bonds is 3. The van der Waals surface area contributed by atoms with E-state index >= 15 is 0 Å². The fraction of sp³-hybridized carbons (Fsp3) is 0.533. The van der Waals surface area contributed by atoms with Crippen molar-refractivity contribution in [1.82, 2.24) is 10.2 Å². The predicted octanol–water partition coefficient (Wildman–Crippen LogP) is 2.38. The van der Waals surface area contributed by atoms with Crippen LogP contribution in [0.3, 0.4) is 0 Å². The zero-order valence-corrected chi connectivity index (χ0v) is 14.3. The zero-order chi connectivity index (χ0) is 13.7. The molecule has 1 fully saturated rings. The number of para-hydroxylation sites is 1. The molecule has 21 heavy (non-hydrogen) atoms. The minimum absolute atomic E-state index is 0. The molecule has 120 valence electrons. The van der Waals surface area contributed by atoms with E-state index in [-0.39, 0.29) is 30.7 Å². The van der Waals surface area contributed by atoms with Gasteiger partial charge in [0.25, 0.3) is 0 Å². The van der Waals surface area contributed by atoms with Gasteiger partial charge >= 0.3 is 0 Å². The van der Waals surface area contributed by atoms with E-state index < -0.39 is 0 Å². The van der Waals surface area contributed by atoms with Crippen LogP contribution in [0.1, 0.15) is 17.5 Å². The van der Waals surface area contributed by atoms with Crippen molar-refractivity contribution >= 4 is 36.4 Å². The van der Waals surface area contributed by atoms with E-state index in [2.05, 4.69) is 36.6 Å². The summed E-state index contributed by atoms with van der Waals surface area (Å²) in [5.41, 5.74) is 3.46. The summed E-state index contributed by atoms with van der Waals surface area (Å²) in [6, 6.07) is 6.17. The van der Waals surface area contributed by atoms with Crippen LogP contribution in [0.15, 0.2) is 18.2 Å². The van der Waals surface area contributed by atoms with Crippen molar-refractivity contribution < 1.29 is 4.79 Å². The molecule has 6 heteroatoms. The van der Waals surface area contributed by atoms with E-state index in [4.69, 9.17) is 0 Å². The number of hydrogen-bond donors (Lipinski definition) is 2. The summed E-state index contributed by atoms with van der Waals surface area (Å²) in [7, 11) is 0. The Morgan fingerprint density at radius 2 is 1.86 bits per heavy atom. The molecule has 1 heterocycles. The summed E-state index contributed by atoms with van der Waals surface area (Å²) in [5, 5.41) is 6.60. The van der Waals surface area contributed by atoms with Crippen LogP contribution in [0.25, 0.3) is 0 Å². The molecular weight excluding hydrogens is 309 g/mol. The third-order valence-electron chi connectivity index (χ3n) is 3.59. The predicted molar refractivity (Wildman–Crippen MR) is 93.0 cm³/mol. The first-order chi connectivity index (χ1) is 9.18. The van der Waals surface area contributed by atoms with E-state index in [9.17, 15) is 4.79 Å². The molecule has 2 N–H and O–H groups in total. The highest BCUT2D eigenvalue weighted by molar-refractivity contribution is 5.85. The Bertz CT molecular complexity index is 426. The van der Waals surface area contributed by atoms with Gasteiger partial charge in [0.15, 0.2) is 0 Å². The molecule has 0 atom stereocenters. The van der Waals surface area contributed by atoms with Crippen molar-refractivity contribution in [2.45, 2.75) is 20.3 Å². The highest BCUT2D eigenvalue weighted by Gasteiger charge is 2.15. The third-order valence-corrected chi connectivity index (χ3v) is 3.59. The van der Waals surface area contributed by atoms with Gasteiger partial charge in [-0.05, 0) is 37.9 Å². The van der Waals surface area contributed by atoms with E-state index in [1.54, 1.807) is 0 Å². The molecule has 0 spiro atoms. The third kappa shape index (κ3) is 5.73. The summed E-state index contributed by atoms with van der Waals surface area (Å²) >= 11 is 0. The number of halogens is 2. The highest BCUT2D eigenvalue weighted by Crippen LogP contribution is 2.19. The van der Waals surface area contributed by atoms with E-state index in [1.165, 1.54) is 11.1 Å². The quantitative estimate of drug-likeness (QED) is 0.892. The van der Waals surface area contributed by atoms with E-state index in [1.807, 2.05) is 11.0 Å². The second kappa shape index (κ2) is 9.87. The molecule has 1 saturated heterocycles. The number of carbonyl (C=O) groups excluding carboxylic acids is 1. The molecule has 1 amide bonds. The number of amides is 1. The maximum absolute atomic E-state index is 12.2. The Hall–Kier alpha value is -0.970. The van der Waals surface area contributed by atoms with Gasteiger partial charge in [-0.25, -0.2) is 0 Å². The Kier molecular flexibility index (Phi) is 9.42. The second-order valence-electron chi connectivity index (χ2n) is 5.10. The van der Waals surface area contributed by atoms with Crippen molar-refractivity contribution in [2.75, 3.05) is 38.0 Å². The van der Waals surface area contributed by atoms with Crippen molar-refractivity contribution in [2.24, 2.45) is 0 Å². The van der Waals surface area contributed by atoms with Crippen LogP contribution in [0.2, 0.25) is 0 Å². The molecule has 1 aliphatic heterocycles. The number of anilines is 1. The molecular formula is C15H25Cl2N3O. The Morgan fingerprint density at radius 1 is 1.19 bits per heavy atom. The lowest BCUT2D eigenvalue weighted by atomic mass is 10.1. The summed E-state index contributed by atoms with van der Waals surface area (Å²) in [6.45, 7) is 8.09. The molecule has 0 saturated carbocycles. The molecule has 0 aliphatic carbocycles. The van der Waals surface area contributed by atoms with Gasteiger partial charge in [0, 0.05) is 25.3 Å². The number of nitrogens with one attached hydrogen (secondary N) is 2. The van der Waals surface area contributed by atoms with Crippen molar-refractivity contribution in [3.8, 4) is 0 Å². The van der Waals surface area contributed by atoms with Gasteiger partial charge in [0.05, 0.1) is 6.54 Å². The number of benzene rings is 1. The largest absolute Gasteiger partial charge is 0.376 e. The molecule has 2 rings (SSSR count). The van der Waals surface area contributed by atoms with Gasteiger partial charge in [-0.3, -0.25) is 4.79 Å². The second-order valence-corrected chi connectivity index (χ2v) is 5.10. The number of aryl methyl sites for hydroxylation is 2. The fourth-order valence-corrected chi connectivity index (χ4v) is 2.46. The van der Waals surface area contributed by atoms with Crippen LogP contribution in [-0.4, -0.2) is 43.5 Å². The van der Waals surface area contributed by atoms with Crippen molar-refractivity contribution in [3.05, 3.63) is 29.3 Å². The van der Waals surface area contributed by atoms with Crippen LogP contribution < -0.4 is 10.6 Å². The maximum Gasteiger partial charge on any atom is 0.241 e. The first-order valence-electron chi connectivity index (χ1n) is 6.97. The maximum atomic E-state index is 12.2. The first kappa shape index (κ1) is 20.0. The smallest absolute Gasteiger partial charge is 0.241 e. The number of carbonyl (C=O) groups is 1. The van der Waals surface area contributed by atoms with Crippen LogP contribution in [0.5, 0.6) is 0 Å². The average molecular weight is 334 g/mol. The summed E-state index contributed by atoms with van der Waals surface area (Å²) in [4.78, 5) is 14.1. The molecule has 0 bridgehead atoms. The topological polar surface area (TPSA) is 44.4 Å². The van der Waals surface area contributed by atoms with Gasteiger partial charge in [-0.1, -0.05) is 18.2 Å². The van der Waals surface area contributed by atoms with Crippen molar-refractivity contribution in [3.63, 3.8) is 0 Å². The minimum atomic E-state index is 0. The first-order valence-corrected chi connectivity index (χ1v) is 6.97. The van der Waals surface area contributed by atoms with E-state index in [0.717, 1.165) is 38.3 Å². The molecule has 1 aromatic carbocycles. The van der Waals surface area contributed by atoms with Crippen molar-refractivity contribution in [1.29, 1.82) is 0 Å². The van der Waals surface area contributed by atoms with Gasteiger partial charge in [-0.15, -0.1) is 24.8 Å². The lowest BCUT2D eigenvalue weighted by molar-refractivity contribution is -0.129. The van der Waals surface area contributed by atoms with Gasteiger partial charge in [-0.2, -0.15) is 0 Å². The van der Waals surface area contributed by atoms with Crippen LogP contribution in [-0.2, 0) is 4.79 Å². The number of nitrogens with zero attached hydrogens (tertiary/aromatic N) is 1. The van der Waals surface area contributed by atoms with Gasteiger partial charge in [0.2, 0.25) is 5.91 Å². The summed E-state index contributed by atoms with van der Waals surface area (Å²) in [6.07, 6.45) is 1.04. The Morgan fingerprint density at radius 3 is 2.52 bits per heavy atom. The van der Waals surface area contributed by atoms with E-state index in [0.29, 0.717) is 6.54 Å². The van der Waals surface area contributed by atoms with Crippen LogP contribution in [0.4, 0.5) is 5.69 Å². The lowest BCUT2D eigenvalue weighted by Gasteiger charge is -2.21. The lowest BCUT2D eigenvalue weighted by Crippen LogP contribution is -2.38. The Balaban J connectivity index is 0.00000200. The normalized spacial score (nSPS) is 14.5. The Labute approximate surface area is 139 Å². The summed E-state index contributed by atoms with van der Waals surface area (Å²) in [5.74, 6) is 0.186. The van der Waals surface area contributed by atoms with Crippen LogP contribution >= 0.6 is 24.8 Å². The van der Waals surface area contributed by atoms with Gasteiger partial charge < -0.3 is 15.5 Å². The monoisotopic (exact) mass is 333 g/mol. The highest BCUT2D eigenvalue weighted by atomic mass is 35.5. The standard InChI is InChI=1S/C15H23N3O.2ClH/c1-12-5-3-6-13(2)15(12)17-11-14(19)18-9-4-7-16-8-10-18;;/h3,5-6,16-17H,4,7-11H2,1-2H3;2*1H. The molecule has 1 aliphatic rings. The SMILES string of the molecule is Cc1cccc(C)c1NCC(=O)N1CCCNCC1.Cl.Cl. The molecule has 1 aromatic rings. The molecule has 0 aromatic heterocycles.